The van der Waals surface area contributed by atoms with Crippen molar-refractivity contribution >= 4 is 28.3 Å². The fourth-order valence-electron chi connectivity index (χ4n) is 0.987. The van der Waals surface area contributed by atoms with Gasteiger partial charge in [0.1, 0.15) is 11.4 Å². The molecule has 0 aliphatic rings. The summed E-state index contributed by atoms with van der Waals surface area (Å²) in [5, 5.41) is 5.78. The molecule has 0 radical (unpaired) electrons. The Kier molecular flexibility index (Phi) is 4.44. The molecule has 9 heteroatoms. The SMILES string of the molecule is COC(=O)c1sc(NC(=O)CN=[N+]=[N-])nc1C. The third-order valence-corrected chi connectivity index (χ3v) is 2.74. The second kappa shape index (κ2) is 5.83. The quantitative estimate of drug-likeness (QED) is 0.379. The van der Waals surface area contributed by atoms with Crippen LogP contribution in [0.3, 0.4) is 0 Å². The number of thiazole rings is 1. The normalized spacial score (nSPS) is 9.29. The van der Waals surface area contributed by atoms with Crippen LogP contribution >= 0.6 is 11.3 Å². The van der Waals surface area contributed by atoms with Crippen LogP contribution < -0.4 is 5.32 Å². The zero-order valence-corrected chi connectivity index (χ0v) is 9.95. The summed E-state index contributed by atoms with van der Waals surface area (Å²) in [6.07, 6.45) is 0. The van der Waals surface area contributed by atoms with E-state index in [4.69, 9.17) is 5.53 Å². The van der Waals surface area contributed by atoms with E-state index in [9.17, 15) is 9.59 Å². The Bertz CT molecular complexity index is 491. The minimum absolute atomic E-state index is 0.265. The van der Waals surface area contributed by atoms with Gasteiger partial charge in [-0.1, -0.05) is 16.5 Å². The Morgan fingerprint density at radius 2 is 2.35 bits per heavy atom. The highest BCUT2D eigenvalue weighted by Gasteiger charge is 2.16. The maximum Gasteiger partial charge on any atom is 0.350 e. The average molecular weight is 255 g/mol. The minimum Gasteiger partial charge on any atom is -0.465 e. The summed E-state index contributed by atoms with van der Waals surface area (Å²) < 4.78 is 4.55. The summed E-state index contributed by atoms with van der Waals surface area (Å²) in [6.45, 7) is 1.31. The fourth-order valence-corrected chi connectivity index (χ4v) is 1.89. The second-order valence-electron chi connectivity index (χ2n) is 2.86. The third-order valence-electron chi connectivity index (χ3n) is 1.69. The van der Waals surface area contributed by atoms with Crippen molar-refractivity contribution in [2.24, 2.45) is 5.11 Å². The first kappa shape index (κ1) is 12.9. The van der Waals surface area contributed by atoms with Crippen molar-refractivity contribution in [3.05, 3.63) is 21.0 Å². The van der Waals surface area contributed by atoms with E-state index in [-0.39, 0.29) is 11.7 Å². The van der Waals surface area contributed by atoms with Gasteiger partial charge in [-0.3, -0.25) is 4.79 Å². The first-order valence-electron chi connectivity index (χ1n) is 4.45. The lowest BCUT2D eigenvalue weighted by molar-refractivity contribution is -0.114. The summed E-state index contributed by atoms with van der Waals surface area (Å²) in [5.74, 6) is -0.997. The van der Waals surface area contributed by atoms with Crippen molar-refractivity contribution in [1.29, 1.82) is 0 Å². The monoisotopic (exact) mass is 255 g/mol. The van der Waals surface area contributed by atoms with E-state index in [2.05, 4.69) is 25.1 Å². The molecule has 1 aromatic heterocycles. The summed E-state index contributed by atoms with van der Waals surface area (Å²) in [6, 6.07) is 0. The van der Waals surface area contributed by atoms with E-state index < -0.39 is 11.9 Å². The predicted octanol–water partition coefficient (Wildman–Crippen LogP) is 1.49. The van der Waals surface area contributed by atoms with E-state index in [0.717, 1.165) is 11.3 Å². The molecule has 0 aliphatic carbocycles. The van der Waals surface area contributed by atoms with Crippen LogP contribution in [0, 0.1) is 6.92 Å². The van der Waals surface area contributed by atoms with Crippen molar-refractivity contribution in [3.63, 3.8) is 0 Å². The number of amides is 1. The molecule has 1 heterocycles. The molecule has 1 amide bonds. The second-order valence-corrected chi connectivity index (χ2v) is 3.86. The number of aryl methyl sites for hydroxylation is 1. The number of rotatable bonds is 4. The summed E-state index contributed by atoms with van der Waals surface area (Å²) in [7, 11) is 1.27. The van der Waals surface area contributed by atoms with Crippen molar-refractivity contribution < 1.29 is 14.3 Å². The molecule has 0 aromatic carbocycles. The molecular weight excluding hydrogens is 246 g/mol. The van der Waals surface area contributed by atoms with Gasteiger partial charge in [0.05, 0.1) is 12.8 Å². The molecule has 17 heavy (non-hydrogen) atoms. The number of hydrogen-bond donors (Lipinski definition) is 1. The lowest BCUT2D eigenvalue weighted by Gasteiger charge is -1.95. The number of aromatic nitrogens is 1. The number of nitrogens with zero attached hydrogens (tertiary/aromatic N) is 4. The van der Waals surface area contributed by atoms with Gasteiger partial charge in [-0.2, -0.15) is 0 Å². The maximum atomic E-state index is 11.3. The Morgan fingerprint density at radius 1 is 1.65 bits per heavy atom. The molecule has 1 aromatic rings. The molecule has 1 rings (SSSR count). The van der Waals surface area contributed by atoms with Gasteiger partial charge in [0.15, 0.2) is 5.13 Å². The predicted molar refractivity (Wildman–Crippen MR) is 60.8 cm³/mol. The van der Waals surface area contributed by atoms with Gasteiger partial charge in [0.2, 0.25) is 5.91 Å². The van der Waals surface area contributed by atoms with Crippen molar-refractivity contribution in [3.8, 4) is 0 Å². The van der Waals surface area contributed by atoms with Crippen LogP contribution in [0.25, 0.3) is 10.4 Å². The van der Waals surface area contributed by atoms with Crippen molar-refractivity contribution in [2.45, 2.75) is 6.92 Å². The Hall–Kier alpha value is -2.12. The molecule has 0 saturated heterocycles. The van der Waals surface area contributed by atoms with Gasteiger partial charge in [-0.15, -0.1) is 0 Å². The minimum atomic E-state index is -0.504. The molecular formula is C8H9N5O3S. The van der Waals surface area contributed by atoms with Gasteiger partial charge in [0, 0.05) is 4.91 Å². The zero-order valence-electron chi connectivity index (χ0n) is 9.13. The number of carbonyl (C=O) groups is 2. The van der Waals surface area contributed by atoms with E-state index in [1.807, 2.05) is 0 Å². The largest absolute Gasteiger partial charge is 0.465 e. The topological polar surface area (TPSA) is 117 Å². The summed E-state index contributed by atoms with van der Waals surface area (Å²) >= 11 is 1.00. The van der Waals surface area contributed by atoms with Crippen LogP contribution in [0.5, 0.6) is 0 Å². The molecule has 1 N–H and O–H groups in total. The number of methoxy groups -OCH3 is 1. The number of carbonyl (C=O) groups excluding carboxylic acids is 2. The van der Waals surface area contributed by atoms with E-state index >= 15 is 0 Å². The van der Waals surface area contributed by atoms with E-state index in [0.29, 0.717) is 10.6 Å². The molecule has 8 nitrogen and oxygen atoms in total. The lowest BCUT2D eigenvalue weighted by Crippen LogP contribution is -2.13. The number of nitrogens with one attached hydrogen (secondary N) is 1. The molecule has 0 spiro atoms. The Labute approximate surface area is 100 Å². The van der Waals surface area contributed by atoms with Crippen molar-refractivity contribution in [2.75, 3.05) is 19.0 Å². The fraction of sp³-hybridized carbons (Fsp3) is 0.375. The third kappa shape index (κ3) is 3.44. The van der Waals surface area contributed by atoms with Crippen LogP contribution in [-0.4, -0.2) is 30.5 Å². The smallest absolute Gasteiger partial charge is 0.350 e. The molecule has 0 saturated carbocycles. The number of anilines is 1. The van der Waals surface area contributed by atoms with Gasteiger partial charge in [0.25, 0.3) is 0 Å². The average Bonchev–Trinajstić information content (AvgIpc) is 2.66. The van der Waals surface area contributed by atoms with Crippen LogP contribution in [-0.2, 0) is 9.53 Å². The summed E-state index contributed by atoms with van der Waals surface area (Å²) in [4.78, 5) is 29.2. The first-order valence-corrected chi connectivity index (χ1v) is 5.26. The van der Waals surface area contributed by atoms with Crippen LogP contribution in [0.1, 0.15) is 15.4 Å². The molecule has 0 bridgehead atoms. The van der Waals surface area contributed by atoms with Gasteiger partial charge in [-0.05, 0) is 12.5 Å². The molecule has 0 fully saturated rings. The summed E-state index contributed by atoms with van der Waals surface area (Å²) in [5.41, 5.74) is 8.51. The highest BCUT2D eigenvalue weighted by molar-refractivity contribution is 7.17. The Balaban J connectivity index is 2.77. The van der Waals surface area contributed by atoms with Gasteiger partial charge >= 0.3 is 5.97 Å². The highest BCUT2D eigenvalue weighted by atomic mass is 32.1. The van der Waals surface area contributed by atoms with E-state index in [1.165, 1.54) is 7.11 Å². The van der Waals surface area contributed by atoms with Crippen LogP contribution in [0.4, 0.5) is 5.13 Å². The molecule has 90 valence electrons. The van der Waals surface area contributed by atoms with Crippen LogP contribution in [0.2, 0.25) is 0 Å². The zero-order chi connectivity index (χ0) is 12.8. The van der Waals surface area contributed by atoms with Crippen LogP contribution in [0.15, 0.2) is 5.11 Å². The highest BCUT2D eigenvalue weighted by Crippen LogP contribution is 2.22. The van der Waals surface area contributed by atoms with Gasteiger partial charge < -0.3 is 10.1 Å². The number of azide groups is 1. The number of hydrogen-bond acceptors (Lipinski definition) is 6. The number of esters is 1. The lowest BCUT2D eigenvalue weighted by atomic mass is 10.4. The van der Waals surface area contributed by atoms with Gasteiger partial charge in [-0.25, -0.2) is 9.78 Å². The first-order chi connectivity index (χ1) is 8.08. The molecule has 0 unspecified atom stereocenters. The standard InChI is InChI=1S/C8H9N5O3S/c1-4-6(7(15)16-2)17-8(11-4)12-5(14)3-10-13-9/h3H2,1-2H3,(H,11,12,14). The molecule has 0 atom stereocenters. The number of ether oxygens (including phenoxy) is 1. The molecule has 0 aliphatic heterocycles. The Morgan fingerprint density at radius 3 is 2.94 bits per heavy atom. The van der Waals surface area contributed by atoms with E-state index in [1.54, 1.807) is 6.92 Å². The van der Waals surface area contributed by atoms with Crippen molar-refractivity contribution in [1.82, 2.24) is 4.98 Å². The maximum absolute atomic E-state index is 11.3.